The highest BCUT2D eigenvalue weighted by Crippen LogP contribution is 2.38. The Hall–Kier alpha value is -2.89. The molecule has 0 spiro atoms. The summed E-state index contributed by atoms with van der Waals surface area (Å²) in [6.45, 7) is 10.0. The molecule has 0 bridgehead atoms. The van der Waals surface area contributed by atoms with Crippen LogP contribution in [0.5, 0.6) is 5.75 Å². The third-order valence-electron chi connectivity index (χ3n) is 5.66. The van der Waals surface area contributed by atoms with Gasteiger partial charge in [0.1, 0.15) is 11.6 Å². The summed E-state index contributed by atoms with van der Waals surface area (Å²) in [5.74, 6) is -0.0705. The van der Waals surface area contributed by atoms with E-state index in [1.165, 1.54) is 12.1 Å². The SMILES string of the molecule is CC[C@H](Oc1ccc2c(c1)[C@H](c1cccc(F)c1)N(C(=O)C(C)C)CC2)C(=O)NC(C)C. The van der Waals surface area contributed by atoms with Gasteiger partial charge in [0.25, 0.3) is 5.91 Å². The molecule has 0 aliphatic carbocycles. The van der Waals surface area contributed by atoms with E-state index in [4.69, 9.17) is 4.74 Å². The average Bonchev–Trinajstić information content (AvgIpc) is 2.75. The summed E-state index contributed by atoms with van der Waals surface area (Å²) >= 11 is 0. The molecule has 3 rings (SSSR count). The number of carbonyl (C=O) groups excluding carboxylic acids is 2. The Morgan fingerprint density at radius 3 is 2.53 bits per heavy atom. The average molecular weight is 441 g/mol. The molecule has 32 heavy (non-hydrogen) atoms. The third kappa shape index (κ3) is 5.29. The van der Waals surface area contributed by atoms with Gasteiger partial charge in [-0.25, -0.2) is 4.39 Å². The van der Waals surface area contributed by atoms with Gasteiger partial charge in [-0.2, -0.15) is 0 Å². The van der Waals surface area contributed by atoms with Gasteiger partial charge >= 0.3 is 0 Å². The van der Waals surface area contributed by atoms with E-state index in [1.54, 1.807) is 6.07 Å². The first-order valence-corrected chi connectivity index (χ1v) is 11.4. The molecule has 0 unspecified atom stereocenters. The number of rotatable bonds is 7. The minimum Gasteiger partial charge on any atom is -0.481 e. The van der Waals surface area contributed by atoms with Crippen molar-refractivity contribution >= 4 is 11.8 Å². The standard InChI is InChI=1S/C26H33FN2O3/c1-6-23(25(30)28-17(4)5)32-21-11-10-18-12-13-29(26(31)16(2)3)24(22(18)15-21)19-8-7-9-20(27)14-19/h7-11,14-17,23-24H,6,12-13H2,1-5H3,(H,28,30)/t23-,24-/m0/s1. The van der Waals surface area contributed by atoms with Gasteiger partial charge in [0.15, 0.2) is 6.10 Å². The quantitative estimate of drug-likeness (QED) is 0.683. The van der Waals surface area contributed by atoms with Gasteiger partial charge in [0, 0.05) is 18.5 Å². The Balaban J connectivity index is 2.00. The zero-order chi connectivity index (χ0) is 23.4. The van der Waals surface area contributed by atoms with Gasteiger partial charge in [-0.1, -0.05) is 39.0 Å². The number of hydrogen-bond acceptors (Lipinski definition) is 3. The Morgan fingerprint density at radius 1 is 1.16 bits per heavy atom. The fraction of sp³-hybridized carbons (Fsp3) is 0.462. The first kappa shape index (κ1) is 23.8. The van der Waals surface area contributed by atoms with E-state index in [0.717, 1.165) is 16.7 Å². The molecule has 1 N–H and O–H groups in total. The van der Waals surface area contributed by atoms with Crippen molar-refractivity contribution in [2.75, 3.05) is 6.54 Å². The molecule has 0 saturated carbocycles. The van der Waals surface area contributed by atoms with Crippen LogP contribution in [0, 0.1) is 11.7 Å². The number of nitrogens with one attached hydrogen (secondary N) is 1. The predicted molar refractivity (Wildman–Crippen MR) is 123 cm³/mol. The number of benzene rings is 2. The molecule has 2 atom stereocenters. The lowest BCUT2D eigenvalue weighted by Gasteiger charge is -2.39. The number of carbonyl (C=O) groups is 2. The molecule has 2 amide bonds. The van der Waals surface area contributed by atoms with Crippen molar-refractivity contribution in [3.05, 3.63) is 65.0 Å². The van der Waals surface area contributed by atoms with Gasteiger partial charge in [0.05, 0.1) is 6.04 Å². The van der Waals surface area contributed by atoms with E-state index in [9.17, 15) is 14.0 Å². The number of nitrogens with zero attached hydrogens (tertiary/aromatic N) is 1. The van der Waals surface area contributed by atoms with Gasteiger partial charge in [0.2, 0.25) is 5.91 Å². The van der Waals surface area contributed by atoms with E-state index in [1.807, 2.05) is 63.8 Å². The summed E-state index contributed by atoms with van der Waals surface area (Å²) in [6, 6.07) is 11.8. The number of ether oxygens (including phenoxy) is 1. The van der Waals surface area contributed by atoms with Crippen LogP contribution in [0.4, 0.5) is 4.39 Å². The van der Waals surface area contributed by atoms with Gasteiger partial charge in [-0.15, -0.1) is 0 Å². The van der Waals surface area contributed by atoms with Crippen molar-refractivity contribution in [2.45, 2.75) is 65.6 Å². The smallest absolute Gasteiger partial charge is 0.261 e. The molecule has 2 aromatic carbocycles. The summed E-state index contributed by atoms with van der Waals surface area (Å²) < 4.78 is 20.2. The molecule has 1 heterocycles. The van der Waals surface area contributed by atoms with Crippen LogP contribution in [0.2, 0.25) is 0 Å². The van der Waals surface area contributed by atoms with Crippen molar-refractivity contribution < 1.29 is 18.7 Å². The maximum Gasteiger partial charge on any atom is 0.261 e. The lowest BCUT2D eigenvalue weighted by atomic mass is 9.87. The second-order valence-corrected chi connectivity index (χ2v) is 8.93. The molecular weight excluding hydrogens is 407 g/mol. The lowest BCUT2D eigenvalue weighted by molar-refractivity contribution is -0.136. The summed E-state index contributed by atoms with van der Waals surface area (Å²) in [7, 11) is 0. The number of hydrogen-bond donors (Lipinski definition) is 1. The van der Waals surface area contributed by atoms with E-state index >= 15 is 0 Å². The fourth-order valence-corrected chi connectivity index (χ4v) is 4.14. The maximum absolute atomic E-state index is 14.1. The number of halogens is 1. The molecule has 0 saturated heterocycles. The zero-order valence-electron chi connectivity index (χ0n) is 19.5. The highest BCUT2D eigenvalue weighted by molar-refractivity contribution is 5.81. The largest absolute Gasteiger partial charge is 0.481 e. The van der Waals surface area contributed by atoms with Crippen LogP contribution in [0.1, 0.15) is 63.8 Å². The Bertz CT molecular complexity index is 973. The Morgan fingerprint density at radius 2 is 1.91 bits per heavy atom. The normalized spacial score (nSPS) is 16.6. The van der Waals surface area contributed by atoms with E-state index < -0.39 is 12.1 Å². The molecule has 172 valence electrons. The maximum atomic E-state index is 14.1. The molecule has 6 heteroatoms. The first-order chi connectivity index (χ1) is 15.2. The molecule has 1 aliphatic heterocycles. The van der Waals surface area contributed by atoms with Crippen LogP contribution in [0.25, 0.3) is 0 Å². The number of fused-ring (bicyclic) bond motifs is 1. The molecular formula is C26H33FN2O3. The van der Waals surface area contributed by atoms with Crippen LogP contribution in [0.3, 0.4) is 0 Å². The van der Waals surface area contributed by atoms with Crippen LogP contribution >= 0.6 is 0 Å². The minimum atomic E-state index is -0.611. The Kier molecular flexibility index (Phi) is 7.54. The van der Waals surface area contributed by atoms with E-state index in [-0.39, 0.29) is 29.6 Å². The van der Waals surface area contributed by atoms with E-state index in [0.29, 0.717) is 25.1 Å². The highest BCUT2D eigenvalue weighted by atomic mass is 19.1. The van der Waals surface area contributed by atoms with Crippen molar-refractivity contribution in [3.63, 3.8) is 0 Å². The van der Waals surface area contributed by atoms with Gasteiger partial charge in [-0.05, 0) is 67.6 Å². The predicted octanol–water partition coefficient (Wildman–Crippen LogP) is 4.64. The molecule has 0 radical (unpaired) electrons. The van der Waals surface area contributed by atoms with Crippen molar-refractivity contribution in [1.82, 2.24) is 10.2 Å². The second kappa shape index (κ2) is 10.2. The Labute approximate surface area is 190 Å². The second-order valence-electron chi connectivity index (χ2n) is 8.93. The summed E-state index contributed by atoms with van der Waals surface area (Å²) in [6.07, 6.45) is 0.631. The van der Waals surface area contributed by atoms with Crippen molar-refractivity contribution in [1.29, 1.82) is 0 Å². The third-order valence-corrected chi connectivity index (χ3v) is 5.66. The summed E-state index contributed by atoms with van der Waals surface area (Å²) in [5, 5.41) is 2.89. The molecule has 1 aliphatic rings. The monoisotopic (exact) mass is 440 g/mol. The summed E-state index contributed by atoms with van der Waals surface area (Å²) in [4.78, 5) is 27.3. The minimum absolute atomic E-state index is 0.0247. The molecule has 0 fully saturated rings. The number of amides is 2. The van der Waals surface area contributed by atoms with Crippen molar-refractivity contribution in [3.8, 4) is 5.75 Å². The van der Waals surface area contributed by atoms with Crippen molar-refractivity contribution in [2.24, 2.45) is 5.92 Å². The van der Waals surface area contributed by atoms with Crippen LogP contribution in [0.15, 0.2) is 42.5 Å². The zero-order valence-corrected chi connectivity index (χ0v) is 19.5. The van der Waals surface area contributed by atoms with Crippen LogP contribution < -0.4 is 10.1 Å². The molecule has 2 aromatic rings. The lowest BCUT2D eigenvalue weighted by Crippen LogP contribution is -2.43. The van der Waals surface area contributed by atoms with Crippen LogP contribution in [-0.4, -0.2) is 35.4 Å². The van der Waals surface area contributed by atoms with Crippen LogP contribution in [-0.2, 0) is 16.0 Å². The highest BCUT2D eigenvalue weighted by Gasteiger charge is 2.34. The molecule has 5 nitrogen and oxygen atoms in total. The topological polar surface area (TPSA) is 58.6 Å². The van der Waals surface area contributed by atoms with E-state index in [2.05, 4.69) is 5.32 Å². The fourth-order valence-electron chi connectivity index (χ4n) is 4.14. The first-order valence-electron chi connectivity index (χ1n) is 11.4. The van der Waals surface area contributed by atoms with Gasteiger partial charge in [-0.3, -0.25) is 9.59 Å². The molecule has 0 aromatic heterocycles. The summed E-state index contributed by atoms with van der Waals surface area (Å²) in [5.41, 5.74) is 2.73. The van der Waals surface area contributed by atoms with Gasteiger partial charge < -0.3 is 15.0 Å².